The van der Waals surface area contributed by atoms with Crippen molar-refractivity contribution in [1.29, 1.82) is 0 Å². The van der Waals surface area contributed by atoms with Gasteiger partial charge in [0.15, 0.2) is 6.10 Å². The number of fused-ring (bicyclic) bond motifs is 2. The monoisotopic (exact) mass is 529 g/mol. The third-order valence-corrected chi connectivity index (χ3v) is 9.07. The van der Waals surface area contributed by atoms with Crippen LogP contribution in [-0.4, -0.2) is 81.5 Å². The fraction of sp³-hybridized carbons (Fsp3) is 0.440. The second-order valence-electron chi connectivity index (χ2n) is 9.49. The average Bonchev–Trinajstić information content (AvgIpc) is 3.44. The Morgan fingerprint density at radius 3 is 2.81 bits per heavy atom. The first-order chi connectivity index (χ1) is 17.9. The van der Waals surface area contributed by atoms with Gasteiger partial charge in [-0.3, -0.25) is 0 Å². The summed E-state index contributed by atoms with van der Waals surface area (Å²) < 4.78 is 49.3. The van der Waals surface area contributed by atoms with Crippen LogP contribution in [0.4, 0.5) is 21.6 Å². The van der Waals surface area contributed by atoms with Crippen LogP contribution in [0.1, 0.15) is 5.56 Å². The molecule has 37 heavy (non-hydrogen) atoms. The normalized spacial score (nSPS) is 26.7. The molecule has 0 radical (unpaired) electrons. The van der Waals surface area contributed by atoms with Gasteiger partial charge in [0.1, 0.15) is 42.0 Å². The van der Waals surface area contributed by atoms with Crippen molar-refractivity contribution in [3.8, 4) is 5.75 Å². The molecule has 6 rings (SSSR count). The van der Waals surface area contributed by atoms with Crippen LogP contribution in [0.25, 0.3) is 10.9 Å². The molecule has 10 nitrogen and oxygen atoms in total. The van der Waals surface area contributed by atoms with E-state index in [-0.39, 0.29) is 19.0 Å². The number of rotatable bonds is 5. The zero-order valence-corrected chi connectivity index (χ0v) is 21.0. The lowest BCUT2D eigenvalue weighted by Crippen LogP contribution is -2.35. The topological polar surface area (TPSA) is 127 Å². The van der Waals surface area contributed by atoms with Crippen LogP contribution < -0.4 is 15.4 Å². The lowest BCUT2D eigenvalue weighted by atomic mass is 10.1. The van der Waals surface area contributed by atoms with Crippen LogP contribution in [0.3, 0.4) is 0 Å². The second-order valence-corrected chi connectivity index (χ2v) is 12.0. The molecule has 3 saturated heterocycles. The van der Waals surface area contributed by atoms with E-state index in [1.807, 2.05) is 19.1 Å². The number of hydrogen-bond donors (Lipinski definition) is 3. The molecular formula is C25H28FN5O5S. The van der Waals surface area contributed by atoms with E-state index in [2.05, 4.69) is 25.0 Å². The molecule has 12 heteroatoms. The summed E-state index contributed by atoms with van der Waals surface area (Å²) in [6.07, 6.45) is -0.645. The molecule has 0 amide bonds. The van der Waals surface area contributed by atoms with Gasteiger partial charge in [-0.2, -0.15) is 4.36 Å². The zero-order chi connectivity index (χ0) is 25.6. The fourth-order valence-electron chi connectivity index (χ4n) is 5.03. The number of halogens is 1. The highest BCUT2D eigenvalue weighted by Gasteiger charge is 2.48. The molecule has 3 aromatic rings. The Labute approximate surface area is 213 Å². The van der Waals surface area contributed by atoms with Crippen LogP contribution in [0.2, 0.25) is 0 Å². The number of nitrogens with one attached hydrogen (secondary N) is 2. The van der Waals surface area contributed by atoms with Crippen LogP contribution in [0, 0.1) is 12.7 Å². The minimum absolute atomic E-state index is 0.176. The van der Waals surface area contributed by atoms with Gasteiger partial charge in [-0.1, -0.05) is 0 Å². The second kappa shape index (κ2) is 9.76. The van der Waals surface area contributed by atoms with Crippen molar-refractivity contribution in [2.45, 2.75) is 31.3 Å². The summed E-state index contributed by atoms with van der Waals surface area (Å²) in [5.74, 6) is 1.38. The molecular weight excluding hydrogens is 501 g/mol. The SMILES string of the molecule is Cc1cc(N=S2(=O)CCNCC2)cc2ncnc(Nc3ccc(F)cc3OC3COC4C(O)COC34)c12. The van der Waals surface area contributed by atoms with E-state index < -0.39 is 40.0 Å². The van der Waals surface area contributed by atoms with E-state index in [0.29, 0.717) is 47.3 Å². The molecule has 0 spiro atoms. The summed E-state index contributed by atoms with van der Waals surface area (Å²) in [5, 5.41) is 17.3. The average molecular weight is 530 g/mol. The molecule has 196 valence electrons. The Balaban J connectivity index is 1.31. The molecule has 4 atom stereocenters. The summed E-state index contributed by atoms with van der Waals surface area (Å²) in [4.78, 5) is 8.85. The molecule has 0 aliphatic carbocycles. The predicted molar refractivity (Wildman–Crippen MR) is 137 cm³/mol. The first-order valence-electron chi connectivity index (χ1n) is 12.2. The van der Waals surface area contributed by atoms with Crippen molar-refractivity contribution in [1.82, 2.24) is 15.3 Å². The first-order valence-corrected chi connectivity index (χ1v) is 14.1. The molecule has 0 saturated carbocycles. The molecule has 4 unspecified atom stereocenters. The molecule has 4 heterocycles. The lowest BCUT2D eigenvalue weighted by molar-refractivity contribution is 0.00871. The maximum absolute atomic E-state index is 14.2. The van der Waals surface area contributed by atoms with Crippen molar-refractivity contribution in [3.63, 3.8) is 0 Å². The van der Waals surface area contributed by atoms with Gasteiger partial charge in [0, 0.05) is 36.0 Å². The number of nitrogens with zero attached hydrogens (tertiary/aromatic N) is 3. The van der Waals surface area contributed by atoms with Gasteiger partial charge < -0.3 is 30.0 Å². The number of aromatic nitrogens is 2. The van der Waals surface area contributed by atoms with Crippen LogP contribution in [-0.2, 0) is 19.2 Å². The van der Waals surface area contributed by atoms with Crippen LogP contribution in [0.5, 0.6) is 5.75 Å². The summed E-state index contributed by atoms with van der Waals surface area (Å²) in [6, 6.07) is 7.90. The predicted octanol–water partition coefficient (Wildman–Crippen LogP) is 2.43. The molecule has 2 aromatic carbocycles. The Morgan fingerprint density at radius 1 is 1.16 bits per heavy atom. The van der Waals surface area contributed by atoms with E-state index >= 15 is 0 Å². The van der Waals surface area contributed by atoms with Gasteiger partial charge in [0.25, 0.3) is 0 Å². The van der Waals surface area contributed by atoms with E-state index in [1.165, 1.54) is 18.5 Å². The minimum Gasteiger partial charge on any atom is -0.483 e. The van der Waals surface area contributed by atoms with Gasteiger partial charge in [0.05, 0.1) is 39.8 Å². The van der Waals surface area contributed by atoms with Gasteiger partial charge in [-0.15, -0.1) is 0 Å². The number of aryl methyl sites for hydroxylation is 1. The minimum atomic E-state index is -2.30. The first kappa shape index (κ1) is 24.4. The number of benzene rings is 2. The summed E-state index contributed by atoms with van der Waals surface area (Å²) in [6.45, 7) is 3.70. The quantitative estimate of drug-likeness (QED) is 0.457. The molecule has 3 aliphatic heterocycles. The Morgan fingerprint density at radius 2 is 1.97 bits per heavy atom. The number of ether oxygens (including phenoxy) is 3. The number of aliphatic hydroxyl groups excluding tert-OH is 1. The van der Waals surface area contributed by atoms with Crippen molar-refractivity contribution in [2.75, 3.05) is 43.1 Å². The van der Waals surface area contributed by atoms with Crippen molar-refractivity contribution >= 4 is 37.8 Å². The van der Waals surface area contributed by atoms with Crippen molar-refractivity contribution in [2.24, 2.45) is 4.36 Å². The van der Waals surface area contributed by atoms with Crippen molar-refractivity contribution < 1.29 is 27.9 Å². The maximum atomic E-state index is 14.2. The van der Waals surface area contributed by atoms with Crippen LogP contribution >= 0.6 is 0 Å². The Kier molecular flexibility index (Phi) is 6.45. The Hall–Kier alpha value is -2.90. The number of aliphatic hydroxyl groups is 1. The van der Waals surface area contributed by atoms with Gasteiger partial charge in [-0.05, 0) is 36.8 Å². The standard InChI is InChI=1S/C25H28FN5O5S/c1-14-8-16(31-37(33)6-4-27-5-7-37)10-18-22(14)25(29-13-28-18)30-17-3-2-15(26)9-20(17)36-21-12-35-23-19(32)11-34-24(21)23/h2-3,8-10,13,19,21,23-24,27,32H,4-7,11-12H2,1H3,(H,28,29,30). The van der Waals surface area contributed by atoms with Gasteiger partial charge >= 0.3 is 0 Å². The molecule has 3 aliphatic rings. The van der Waals surface area contributed by atoms with Crippen LogP contribution in [0.15, 0.2) is 41.0 Å². The molecule has 3 N–H and O–H groups in total. The van der Waals surface area contributed by atoms with E-state index in [9.17, 15) is 13.7 Å². The summed E-state index contributed by atoms with van der Waals surface area (Å²) in [5.41, 5.74) is 2.65. The molecule has 0 bridgehead atoms. The molecule has 1 aromatic heterocycles. The van der Waals surface area contributed by atoms with Gasteiger partial charge in [-0.25, -0.2) is 18.6 Å². The highest BCUT2D eigenvalue weighted by molar-refractivity contribution is 7.93. The lowest BCUT2D eigenvalue weighted by Gasteiger charge is -2.21. The largest absolute Gasteiger partial charge is 0.483 e. The maximum Gasteiger partial charge on any atom is 0.151 e. The number of anilines is 2. The zero-order valence-electron chi connectivity index (χ0n) is 20.2. The van der Waals surface area contributed by atoms with Gasteiger partial charge in [0.2, 0.25) is 0 Å². The summed E-state index contributed by atoms with van der Waals surface area (Å²) in [7, 11) is -2.30. The highest BCUT2D eigenvalue weighted by atomic mass is 32.2. The third kappa shape index (κ3) is 4.87. The van der Waals surface area contributed by atoms with E-state index in [0.717, 1.165) is 10.9 Å². The van der Waals surface area contributed by atoms with Crippen molar-refractivity contribution in [3.05, 3.63) is 48.0 Å². The molecule has 3 fully saturated rings. The summed E-state index contributed by atoms with van der Waals surface area (Å²) >= 11 is 0. The highest BCUT2D eigenvalue weighted by Crippen LogP contribution is 2.36. The Bertz CT molecular complexity index is 1450. The fourth-order valence-corrected chi connectivity index (χ4v) is 6.83. The van der Waals surface area contributed by atoms with E-state index in [4.69, 9.17) is 14.2 Å². The smallest absolute Gasteiger partial charge is 0.151 e. The van der Waals surface area contributed by atoms with E-state index in [1.54, 1.807) is 6.07 Å². The third-order valence-electron chi connectivity index (χ3n) is 6.84. The number of hydrogen-bond acceptors (Lipinski definition) is 10.